The van der Waals surface area contributed by atoms with E-state index in [1.54, 1.807) is 6.07 Å². The van der Waals surface area contributed by atoms with Crippen molar-refractivity contribution in [2.24, 2.45) is 5.92 Å². The first-order valence-corrected chi connectivity index (χ1v) is 8.06. The largest absolute Gasteiger partial charge is 0.464 e. The molecule has 0 bridgehead atoms. The van der Waals surface area contributed by atoms with Gasteiger partial charge in [-0.05, 0) is 42.4 Å². The van der Waals surface area contributed by atoms with Gasteiger partial charge in [-0.2, -0.15) is 11.8 Å². The Balaban J connectivity index is 1.96. The lowest BCUT2D eigenvalue weighted by molar-refractivity contribution is 0.0592. The van der Waals surface area contributed by atoms with Gasteiger partial charge in [0, 0.05) is 6.42 Å². The van der Waals surface area contributed by atoms with Crippen molar-refractivity contribution in [3.63, 3.8) is 0 Å². The third kappa shape index (κ3) is 2.54. The summed E-state index contributed by atoms with van der Waals surface area (Å²) in [5, 5.41) is 0. The van der Waals surface area contributed by atoms with Gasteiger partial charge in [-0.25, -0.2) is 9.78 Å². The van der Waals surface area contributed by atoms with E-state index in [9.17, 15) is 4.79 Å². The average molecular weight is 290 g/mol. The van der Waals surface area contributed by atoms with E-state index in [1.807, 2.05) is 34.5 Å². The third-order valence-electron chi connectivity index (χ3n) is 3.74. The number of fused-ring (bicyclic) bond motifs is 1. The van der Waals surface area contributed by atoms with Crippen molar-refractivity contribution in [1.82, 2.24) is 9.38 Å². The first kappa shape index (κ1) is 13.5. The van der Waals surface area contributed by atoms with Crippen LogP contribution in [0.5, 0.6) is 0 Å². The van der Waals surface area contributed by atoms with Crippen LogP contribution in [0.15, 0.2) is 24.4 Å². The number of thioether (sulfide) groups is 1. The van der Waals surface area contributed by atoms with E-state index in [4.69, 9.17) is 4.74 Å². The monoisotopic (exact) mass is 290 g/mol. The summed E-state index contributed by atoms with van der Waals surface area (Å²) in [6.45, 7) is 0. The molecule has 106 valence electrons. The van der Waals surface area contributed by atoms with Crippen LogP contribution in [-0.4, -0.2) is 34.0 Å². The Kier molecular flexibility index (Phi) is 3.96. The highest BCUT2D eigenvalue weighted by atomic mass is 32.2. The van der Waals surface area contributed by atoms with Gasteiger partial charge in [-0.3, -0.25) is 4.40 Å². The molecular formula is C15H18N2O2S. The number of carbonyl (C=O) groups is 1. The number of hydrogen-bond acceptors (Lipinski definition) is 4. The molecular weight excluding hydrogens is 272 g/mol. The average Bonchev–Trinajstić information content (AvgIpc) is 2.91. The Bertz CT molecular complexity index is 617. The van der Waals surface area contributed by atoms with Gasteiger partial charge in [0.2, 0.25) is 0 Å². The van der Waals surface area contributed by atoms with Gasteiger partial charge in [0.1, 0.15) is 11.5 Å². The van der Waals surface area contributed by atoms with Crippen molar-refractivity contribution in [3.05, 3.63) is 35.9 Å². The second-order valence-electron chi connectivity index (χ2n) is 5.12. The van der Waals surface area contributed by atoms with Crippen molar-refractivity contribution >= 4 is 23.2 Å². The van der Waals surface area contributed by atoms with Crippen molar-refractivity contribution in [2.45, 2.75) is 19.3 Å². The van der Waals surface area contributed by atoms with Crippen LogP contribution in [0.25, 0.3) is 5.52 Å². The Morgan fingerprint density at radius 2 is 2.45 bits per heavy atom. The molecule has 1 atom stereocenters. The molecule has 0 radical (unpaired) electrons. The Labute approximate surface area is 122 Å². The van der Waals surface area contributed by atoms with Gasteiger partial charge in [0.25, 0.3) is 0 Å². The molecule has 1 fully saturated rings. The van der Waals surface area contributed by atoms with Crippen LogP contribution >= 0.6 is 11.8 Å². The van der Waals surface area contributed by atoms with E-state index >= 15 is 0 Å². The maximum Gasteiger partial charge on any atom is 0.355 e. The normalized spacial score (nSPS) is 19.1. The smallest absolute Gasteiger partial charge is 0.355 e. The molecule has 1 aliphatic heterocycles. The van der Waals surface area contributed by atoms with Crippen LogP contribution in [0, 0.1) is 5.92 Å². The zero-order valence-corrected chi connectivity index (χ0v) is 12.4. The van der Waals surface area contributed by atoms with Gasteiger partial charge in [0.15, 0.2) is 0 Å². The molecule has 2 aromatic heterocycles. The number of methoxy groups -OCH3 is 1. The van der Waals surface area contributed by atoms with Crippen LogP contribution in [0.2, 0.25) is 0 Å². The van der Waals surface area contributed by atoms with Crippen molar-refractivity contribution in [1.29, 1.82) is 0 Å². The maximum atomic E-state index is 11.9. The predicted molar refractivity (Wildman–Crippen MR) is 80.3 cm³/mol. The zero-order chi connectivity index (χ0) is 13.9. The standard InChI is InChI=1S/C15H18N2O2S/c1-19-15(18)13-6-2-5-12-9-16-14(17(12)13)8-11-4-3-7-20-10-11/h2,5-6,9,11H,3-4,7-8,10H2,1H3. The molecule has 0 spiro atoms. The SMILES string of the molecule is COC(=O)c1cccc2cnc(CC3CCCSC3)n12. The summed E-state index contributed by atoms with van der Waals surface area (Å²) in [5.41, 5.74) is 1.51. The number of carbonyl (C=O) groups excluding carboxylic acids is 1. The number of imidazole rings is 1. The summed E-state index contributed by atoms with van der Waals surface area (Å²) in [4.78, 5) is 16.4. The summed E-state index contributed by atoms with van der Waals surface area (Å²) >= 11 is 2.02. The molecule has 0 N–H and O–H groups in total. The number of nitrogens with zero attached hydrogens (tertiary/aromatic N) is 2. The maximum absolute atomic E-state index is 11.9. The van der Waals surface area contributed by atoms with Crippen LogP contribution in [-0.2, 0) is 11.2 Å². The molecule has 20 heavy (non-hydrogen) atoms. The van der Waals surface area contributed by atoms with Gasteiger partial charge in [-0.1, -0.05) is 6.07 Å². The molecule has 3 heterocycles. The van der Waals surface area contributed by atoms with Crippen molar-refractivity contribution in [2.75, 3.05) is 18.6 Å². The van der Waals surface area contributed by atoms with Gasteiger partial charge in [0.05, 0.1) is 18.8 Å². The van der Waals surface area contributed by atoms with Crippen LogP contribution in [0.1, 0.15) is 29.2 Å². The minimum Gasteiger partial charge on any atom is -0.464 e. The molecule has 5 heteroatoms. The van der Waals surface area contributed by atoms with Crippen LogP contribution in [0.4, 0.5) is 0 Å². The topological polar surface area (TPSA) is 43.6 Å². The first-order chi connectivity index (χ1) is 9.79. The number of ether oxygens (including phenoxy) is 1. The number of pyridine rings is 1. The van der Waals surface area contributed by atoms with E-state index < -0.39 is 0 Å². The van der Waals surface area contributed by atoms with Gasteiger partial charge >= 0.3 is 5.97 Å². The highest BCUT2D eigenvalue weighted by molar-refractivity contribution is 7.99. The quantitative estimate of drug-likeness (QED) is 0.815. The molecule has 0 aliphatic carbocycles. The lowest BCUT2D eigenvalue weighted by atomic mass is 10.0. The number of aromatic nitrogens is 2. The fraction of sp³-hybridized carbons (Fsp3) is 0.467. The zero-order valence-electron chi connectivity index (χ0n) is 11.5. The first-order valence-electron chi connectivity index (χ1n) is 6.91. The molecule has 1 unspecified atom stereocenters. The van der Waals surface area contributed by atoms with Crippen LogP contribution in [0.3, 0.4) is 0 Å². The Hall–Kier alpha value is -1.49. The number of hydrogen-bond donors (Lipinski definition) is 0. The fourth-order valence-corrected chi connectivity index (χ4v) is 3.90. The Morgan fingerprint density at radius 1 is 1.55 bits per heavy atom. The summed E-state index contributed by atoms with van der Waals surface area (Å²) in [6.07, 6.45) is 5.29. The van der Waals surface area contributed by atoms with E-state index in [2.05, 4.69) is 4.98 Å². The molecule has 3 rings (SSSR count). The Morgan fingerprint density at radius 3 is 3.20 bits per heavy atom. The van der Waals surface area contributed by atoms with Gasteiger partial charge < -0.3 is 4.74 Å². The fourth-order valence-electron chi connectivity index (χ4n) is 2.75. The molecule has 0 saturated carbocycles. The van der Waals surface area contributed by atoms with Crippen LogP contribution < -0.4 is 0 Å². The van der Waals surface area contributed by atoms with E-state index in [1.165, 1.54) is 31.5 Å². The van der Waals surface area contributed by atoms with E-state index in [-0.39, 0.29) is 5.97 Å². The molecule has 0 aromatic carbocycles. The highest BCUT2D eigenvalue weighted by Gasteiger charge is 2.19. The summed E-state index contributed by atoms with van der Waals surface area (Å²) in [6, 6.07) is 5.63. The molecule has 0 amide bonds. The second kappa shape index (κ2) is 5.87. The van der Waals surface area contributed by atoms with Crippen molar-refractivity contribution < 1.29 is 9.53 Å². The van der Waals surface area contributed by atoms with Gasteiger partial charge in [-0.15, -0.1) is 0 Å². The minimum absolute atomic E-state index is 0.312. The van der Waals surface area contributed by atoms with Crippen molar-refractivity contribution in [3.8, 4) is 0 Å². The summed E-state index contributed by atoms with van der Waals surface area (Å²) in [7, 11) is 1.41. The van der Waals surface area contributed by atoms with E-state index in [0.717, 1.165) is 17.8 Å². The van der Waals surface area contributed by atoms with E-state index in [0.29, 0.717) is 11.6 Å². The molecule has 2 aromatic rings. The predicted octanol–water partition coefficient (Wildman–Crippen LogP) is 2.81. The second-order valence-corrected chi connectivity index (χ2v) is 6.27. The number of esters is 1. The minimum atomic E-state index is -0.312. The summed E-state index contributed by atoms with van der Waals surface area (Å²) in [5.74, 6) is 3.77. The molecule has 4 nitrogen and oxygen atoms in total. The number of rotatable bonds is 3. The molecule has 1 aliphatic rings. The highest BCUT2D eigenvalue weighted by Crippen LogP contribution is 2.26. The lowest BCUT2D eigenvalue weighted by Crippen LogP contribution is -2.16. The third-order valence-corrected chi connectivity index (χ3v) is 5.03. The lowest BCUT2D eigenvalue weighted by Gasteiger charge is -2.20. The molecule has 1 saturated heterocycles. The summed E-state index contributed by atoms with van der Waals surface area (Å²) < 4.78 is 6.80.